The van der Waals surface area contributed by atoms with Gasteiger partial charge in [-0.1, -0.05) is 72.3 Å². The van der Waals surface area contributed by atoms with Crippen molar-refractivity contribution >= 4 is 17.7 Å². The van der Waals surface area contributed by atoms with Crippen molar-refractivity contribution in [1.82, 2.24) is 5.48 Å². The molecule has 0 aliphatic rings. The van der Waals surface area contributed by atoms with Gasteiger partial charge in [0.2, 0.25) is 5.91 Å². The molecule has 1 atom stereocenters. The average molecular weight is 392 g/mol. The molecule has 4 heteroatoms. The Morgan fingerprint density at radius 3 is 2.14 bits per heavy atom. The summed E-state index contributed by atoms with van der Waals surface area (Å²) in [4.78, 5) is 13.2. The van der Waals surface area contributed by atoms with E-state index in [1.165, 1.54) is 22.3 Å². The van der Waals surface area contributed by atoms with Crippen LogP contribution in [0.15, 0.2) is 83.8 Å². The van der Waals surface area contributed by atoms with Gasteiger partial charge in [0.25, 0.3) is 0 Å². The standard InChI is InChI=1S/C24H25NO2S/c1-18-7-12-20(13-8-18)21-14-9-19(10-15-21)11-16-22(24(26)25-27)17-28-23-5-3-2-4-6-23/h2-10,12-15,22,27H,11,16-17H2,1H3,(H,25,26)/t22-/m1/s1. The van der Waals surface area contributed by atoms with E-state index in [-0.39, 0.29) is 11.8 Å². The number of hydrogen-bond acceptors (Lipinski definition) is 3. The van der Waals surface area contributed by atoms with Gasteiger partial charge in [0.15, 0.2) is 0 Å². The van der Waals surface area contributed by atoms with Crippen LogP contribution in [0.25, 0.3) is 11.1 Å². The van der Waals surface area contributed by atoms with Crippen molar-refractivity contribution in [2.75, 3.05) is 5.75 Å². The van der Waals surface area contributed by atoms with E-state index in [0.29, 0.717) is 12.2 Å². The molecule has 0 unspecified atom stereocenters. The maximum Gasteiger partial charge on any atom is 0.247 e. The first-order valence-electron chi connectivity index (χ1n) is 9.43. The van der Waals surface area contributed by atoms with Gasteiger partial charge in [0, 0.05) is 16.6 Å². The zero-order valence-electron chi connectivity index (χ0n) is 16.0. The van der Waals surface area contributed by atoms with Crippen LogP contribution >= 0.6 is 11.8 Å². The predicted octanol–water partition coefficient (Wildman–Crippen LogP) is 5.51. The minimum Gasteiger partial charge on any atom is -0.289 e. The maximum absolute atomic E-state index is 12.0. The van der Waals surface area contributed by atoms with E-state index in [0.717, 1.165) is 11.3 Å². The van der Waals surface area contributed by atoms with Crippen LogP contribution < -0.4 is 5.48 Å². The van der Waals surface area contributed by atoms with Gasteiger partial charge in [-0.25, -0.2) is 5.48 Å². The molecule has 1 amide bonds. The number of amides is 1. The summed E-state index contributed by atoms with van der Waals surface area (Å²) in [5.41, 5.74) is 6.65. The largest absolute Gasteiger partial charge is 0.289 e. The van der Waals surface area contributed by atoms with E-state index >= 15 is 0 Å². The molecule has 3 rings (SSSR count). The third kappa shape index (κ3) is 5.72. The minimum atomic E-state index is -0.320. The van der Waals surface area contributed by atoms with Gasteiger partial charge in [0.1, 0.15) is 0 Å². The van der Waals surface area contributed by atoms with Crippen molar-refractivity contribution < 1.29 is 10.0 Å². The van der Waals surface area contributed by atoms with Crippen molar-refractivity contribution in [2.24, 2.45) is 5.92 Å². The van der Waals surface area contributed by atoms with Gasteiger partial charge in [0.05, 0.1) is 0 Å². The third-order valence-electron chi connectivity index (χ3n) is 4.80. The number of hydrogen-bond donors (Lipinski definition) is 2. The van der Waals surface area contributed by atoms with Gasteiger partial charge < -0.3 is 0 Å². The first-order chi connectivity index (χ1) is 13.7. The van der Waals surface area contributed by atoms with Crippen LogP contribution in [0.4, 0.5) is 0 Å². The molecule has 3 aromatic carbocycles. The molecular formula is C24H25NO2S. The average Bonchev–Trinajstić information content (AvgIpc) is 2.75. The normalized spacial score (nSPS) is 11.8. The SMILES string of the molecule is Cc1ccc(-c2ccc(CC[C@H](CSc3ccccc3)C(=O)NO)cc2)cc1. The molecular weight excluding hydrogens is 366 g/mol. The van der Waals surface area contributed by atoms with Crippen molar-refractivity contribution in [3.63, 3.8) is 0 Å². The van der Waals surface area contributed by atoms with Crippen LogP contribution in [-0.4, -0.2) is 16.9 Å². The van der Waals surface area contributed by atoms with Gasteiger partial charge in [-0.2, -0.15) is 0 Å². The summed E-state index contributed by atoms with van der Waals surface area (Å²) in [6.07, 6.45) is 1.48. The molecule has 0 saturated carbocycles. The summed E-state index contributed by atoms with van der Waals surface area (Å²) in [5, 5.41) is 9.07. The number of nitrogens with one attached hydrogen (secondary N) is 1. The van der Waals surface area contributed by atoms with E-state index in [9.17, 15) is 4.79 Å². The van der Waals surface area contributed by atoms with E-state index in [2.05, 4.69) is 55.5 Å². The highest BCUT2D eigenvalue weighted by Crippen LogP contribution is 2.24. The van der Waals surface area contributed by atoms with Gasteiger partial charge in [-0.15, -0.1) is 11.8 Å². The maximum atomic E-state index is 12.0. The highest BCUT2D eigenvalue weighted by molar-refractivity contribution is 7.99. The Bertz CT molecular complexity index is 877. The van der Waals surface area contributed by atoms with E-state index < -0.39 is 0 Å². The first-order valence-corrected chi connectivity index (χ1v) is 10.4. The van der Waals surface area contributed by atoms with Crippen LogP contribution in [0.2, 0.25) is 0 Å². The number of carbonyl (C=O) groups excluding carboxylic acids is 1. The van der Waals surface area contributed by atoms with E-state index in [1.807, 2.05) is 35.8 Å². The van der Waals surface area contributed by atoms with Crippen LogP contribution in [0, 0.1) is 12.8 Å². The molecule has 3 nitrogen and oxygen atoms in total. The summed E-state index contributed by atoms with van der Waals surface area (Å²) in [6, 6.07) is 27.0. The summed E-state index contributed by atoms with van der Waals surface area (Å²) in [6.45, 7) is 2.09. The number of hydroxylamine groups is 1. The van der Waals surface area contributed by atoms with Crippen molar-refractivity contribution in [3.8, 4) is 11.1 Å². The topological polar surface area (TPSA) is 49.3 Å². The van der Waals surface area contributed by atoms with E-state index in [1.54, 1.807) is 11.8 Å². The quantitative estimate of drug-likeness (QED) is 0.302. The molecule has 0 fully saturated rings. The fourth-order valence-electron chi connectivity index (χ4n) is 3.05. The molecule has 0 radical (unpaired) electrons. The predicted molar refractivity (Wildman–Crippen MR) is 116 cm³/mol. The number of carbonyl (C=O) groups is 1. The second-order valence-electron chi connectivity index (χ2n) is 6.90. The second kappa shape index (κ2) is 10.1. The Balaban J connectivity index is 1.59. The van der Waals surface area contributed by atoms with Gasteiger partial charge in [-0.3, -0.25) is 10.0 Å². The van der Waals surface area contributed by atoms with Crippen molar-refractivity contribution in [1.29, 1.82) is 0 Å². The van der Waals surface area contributed by atoms with Crippen LogP contribution in [0.3, 0.4) is 0 Å². The fraction of sp³-hybridized carbons (Fsp3) is 0.208. The summed E-state index contributed by atoms with van der Waals surface area (Å²) < 4.78 is 0. The Morgan fingerprint density at radius 1 is 0.929 bits per heavy atom. The molecule has 0 spiro atoms. The molecule has 0 heterocycles. The lowest BCUT2D eigenvalue weighted by atomic mass is 9.98. The lowest BCUT2D eigenvalue weighted by Crippen LogP contribution is -2.29. The van der Waals surface area contributed by atoms with Crippen molar-refractivity contribution in [3.05, 3.63) is 90.0 Å². The zero-order chi connectivity index (χ0) is 19.8. The Labute approximate surface area is 170 Å². The number of aryl methyl sites for hydroxylation is 2. The molecule has 0 aliphatic carbocycles. The summed E-state index contributed by atoms with van der Waals surface area (Å²) in [7, 11) is 0. The molecule has 28 heavy (non-hydrogen) atoms. The zero-order valence-corrected chi connectivity index (χ0v) is 16.8. The van der Waals surface area contributed by atoms with Crippen molar-refractivity contribution in [2.45, 2.75) is 24.7 Å². The molecule has 2 N–H and O–H groups in total. The monoisotopic (exact) mass is 391 g/mol. The van der Waals surface area contributed by atoms with Crippen LogP contribution in [0.5, 0.6) is 0 Å². The number of rotatable bonds is 8. The highest BCUT2D eigenvalue weighted by Gasteiger charge is 2.18. The summed E-state index contributed by atoms with van der Waals surface area (Å²) >= 11 is 1.64. The Morgan fingerprint density at radius 2 is 1.54 bits per heavy atom. The van der Waals surface area contributed by atoms with Crippen LogP contribution in [0.1, 0.15) is 17.5 Å². The Hall–Kier alpha value is -2.56. The summed E-state index contributed by atoms with van der Waals surface area (Å²) in [5.74, 6) is 0.0735. The Kier molecular flexibility index (Phi) is 7.29. The molecule has 0 bridgehead atoms. The molecule has 3 aromatic rings. The number of benzene rings is 3. The lowest BCUT2D eigenvalue weighted by Gasteiger charge is -2.15. The smallest absolute Gasteiger partial charge is 0.247 e. The minimum absolute atomic E-state index is 0.244. The van der Waals surface area contributed by atoms with Gasteiger partial charge >= 0.3 is 0 Å². The van der Waals surface area contributed by atoms with Crippen LogP contribution in [-0.2, 0) is 11.2 Å². The first kappa shape index (κ1) is 20.2. The van der Waals surface area contributed by atoms with E-state index in [4.69, 9.17) is 5.21 Å². The molecule has 0 saturated heterocycles. The third-order valence-corrected chi connectivity index (χ3v) is 5.97. The number of thioether (sulfide) groups is 1. The lowest BCUT2D eigenvalue weighted by molar-refractivity contribution is -0.132. The fourth-order valence-corrected chi connectivity index (χ4v) is 4.11. The second-order valence-corrected chi connectivity index (χ2v) is 7.99. The highest BCUT2D eigenvalue weighted by atomic mass is 32.2. The molecule has 0 aromatic heterocycles. The molecule has 0 aliphatic heterocycles. The molecule has 144 valence electrons. The van der Waals surface area contributed by atoms with Gasteiger partial charge in [-0.05, 0) is 48.6 Å².